The minimum Gasteiger partial charge on any atom is -0.307 e. The van der Waals surface area contributed by atoms with Crippen molar-refractivity contribution in [3.8, 4) is 0 Å². The molecule has 0 aromatic carbocycles. The smallest absolute Gasteiger partial charge is 0.263 e. The Labute approximate surface area is 88.2 Å². The maximum Gasteiger partial charge on any atom is 0.263 e. The van der Waals surface area contributed by atoms with E-state index in [9.17, 15) is 4.79 Å². The molecule has 0 unspecified atom stereocenters. The molecule has 1 heterocycles. The van der Waals surface area contributed by atoms with Gasteiger partial charge in [-0.1, -0.05) is 49.8 Å². The van der Waals surface area contributed by atoms with Gasteiger partial charge in [-0.15, -0.1) is 0 Å². The fourth-order valence-electron chi connectivity index (χ4n) is 1.09. The van der Waals surface area contributed by atoms with Crippen LogP contribution < -0.4 is 5.32 Å². The second kappa shape index (κ2) is 5.40. The van der Waals surface area contributed by atoms with Gasteiger partial charge < -0.3 is 5.32 Å². The molecule has 0 bridgehead atoms. The molecule has 1 aliphatic rings. The summed E-state index contributed by atoms with van der Waals surface area (Å²) in [7, 11) is 0. The van der Waals surface area contributed by atoms with E-state index >= 15 is 0 Å². The molecule has 0 atom stereocenters. The van der Waals surface area contributed by atoms with Crippen LogP contribution in [-0.4, -0.2) is 10.2 Å². The van der Waals surface area contributed by atoms with Crippen molar-refractivity contribution in [3.63, 3.8) is 0 Å². The van der Waals surface area contributed by atoms with Gasteiger partial charge in [-0.05, 0) is 12.8 Å². The number of nitrogens with one attached hydrogen (secondary N) is 1. The number of thiocarbonyl (C=S) groups is 1. The van der Waals surface area contributed by atoms with Crippen molar-refractivity contribution < 1.29 is 4.79 Å². The third-order valence-corrected chi connectivity index (χ3v) is 2.99. The van der Waals surface area contributed by atoms with Crippen molar-refractivity contribution in [2.24, 2.45) is 0 Å². The molecule has 72 valence electrons. The molecule has 0 aromatic heterocycles. The molecular formula is C9H13NOS2. The lowest BCUT2D eigenvalue weighted by Gasteiger charge is -1.93. The van der Waals surface area contributed by atoms with Gasteiger partial charge in [0.1, 0.15) is 4.32 Å². The van der Waals surface area contributed by atoms with Gasteiger partial charge in [-0.2, -0.15) is 0 Å². The average Bonchev–Trinajstić information content (AvgIpc) is 2.39. The number of hydrogen-bond acceptors (Lipinski definition) is 3. The lowest BCUT2D eigenvalue weighted by atomic mass is 10.2. The molecule has 1 rings (SSSR count). The number of amides is 1. The summed E-state index contributed by atoms with van der Waals surface area (Å²) in [5, 5.41) is 2.59. The third-order valence-electron chi connectivity index (χ3n) is 1.78. The lowest BCUT2D eigenvalue weighted by molar-refractivity contribution is -0.115. The summed E-state index contributed by atoms with van der Waals surface area (Å²) in [6.45, 7) is 2.17. The largest absolute Gasteiger partial charge is 0.307 e. The van der Waals surface area contributed by atoms with E-state index in [2.05, 4.69) is 12.2 Å². The van der Waals surface area contributed by atoms with Crippen LogP contribution in [-0.2, 0) is 4.79 Å². The number of allylic oxidation sites excluding steroid dienone is 1. The van der Waals surface area contributed by atoms with Crippen LogP contribution in [0.15, 0.2) is 11.0 Å². The van der Waals surface area contributed by atoms with E-state index < -0.39 is 0 Å². The first-order valence-electron chi connectivity index (χ1n) is 4.47. The van der Waals surface area contributed by atoms with Gasteiger partial charge in [0.2, 0.25) is 0 Å². The normalized spacial score (nSPS) is 19.6. The summed E-state index contributed by atoms with van der Waals surface area (Å²) in [5.41, 5.74) is 0. The summed E-state index contributed by atoms with van der Waals surface area (Å²) >= 11 is 6.23. The summed E-state index contributed by atoms with van der Waals surface area (Å²) in [6, 6.07) is 0. The molecule has 2 nitrogen and oxygen atoms in total. The molecule has 1 N–H and O–H groups in total. The summed E-state index contributed by atoms with van der Waals surface area (Å²) in [6.07, 6.45) is 6.54. The predicted octanol–water partition coefficient (Wildman–Crippen LogP) is 2.60. The highest BCUT2D eigenvalue weighted by Gasteiger charge is 2.21. The zero-order valence-electron chi connectivity index (χ0n) is 7.63. The molecule has 0 spiro atoms. The Morgan fingerprint density at radius 1 is 1.54 bits per heavy atom. The monoisotopic (exact) mass is 215 g/mol. The Balaban J connectivity index is 2.34. The number of carbonyl (C=O) groups excluding carboxylic acids is 1. The highest BCUT2D eigenvalue weighted by atomic mass is 32.2. The van der Waals surface area contributed by atoms with E-state index in [0.717, 1.165) is 17.7 Å². The second-order valence-corrected chi connectivity index (χ2v) is 4.63. The number of thioether (sulfide) groups is 1. The van der Waals surface area contributed by atoms with Crippen LogP contribution in [0.4, 0.5) is 0 Å². The fourth-order valence-corrected chi connectivity index (χ4v) is 2.14. The van der Waals surface area contributed by atoms with E-state index in [1.54, 1.807) is 0 Å². The van der Waals surface area contributed by atoms with Crippen molar-refractivity contribution in [2.45, 2.75) is 32.6 Å². The number of unbranched alkanes of at least 4 members (excludes halogenated alkanes) is 3. The quantitative estimate of drug-likeness (QED) is 0.444. The van der Waals surface area contributed by atoms with E-state index in [4.69, 9.17) is 12.2 Å². The molecule has 1 amide bonds. The standard InChI is InChI=1S/C9H13NOS2/c1-2-3-4-5-6-7-8(11)10-9(12)13-7/h6H,2-5H2,1H3,(H,10,11,12)/b7-6-. The summed E-state index contributed by atoms with van der Waals surface area (Å²) in [5.74, 6) is -0.0356. The maximum absolute atomic E-state index is 11.2. The van der Waals surface area contributed by atoms with Crippen molar-refractivity contribution >= 4 is 34.2 Å². The first-order valence-corrected chi connectivity index (χ1v) is 5.70. The van der Waals surface area contributed by atoms with Gasteiger partial charge in [0.25, 0.3) is 5.91 Å². The predicted molar refractivity (Wildman–Crippen MR) is 60.6 cm³/mol. The lowest BCUT2D eigenvalue weighted by Crippen LogP contribution is -2.17. The highest BCUT2D eigenvalue weighted by Crippen LogP contribution is 2.24. The summed E-state index contributed by atoms with van der Waals surface area (Å²) in [4.78, 5) is 11.9. The maximum atomic E-state index is 11.2. The fraction of sp³-hybridized carbons (Fsp3) is 0.556. The molecule has 0 aromatic rings. The molecule has 1 saturated heterocycles. The van der Waals surface area contributed by atoms with Crippen LogP contribution in [0, 0.1) is 0 Å². The number of carbonyl (C=O) groups is 1. The van der Waals surface area contributed by atoms with E-state index in [-0.39, 0.29) is 5.91 Å². The minimum absolute atomic E-state index is 0.0356. The Bertz CT molecular complexity index is 248. The van der Waals surface area contributed by atoms with Gasteiger partial charge >= 0.3 is 0 Å². The Kier molecular flexibility index (Phi) is 4.45. The molecule has 0 aliphatic carbocycles. The van der Waals surface area contributed by atoms with Crippen LogP contribution >= 0.6 is 24.0 Å². The van der Waals surface area contributed by atoms with Gasteiger partial charge in [-0.3, -0.25) is 4.79 Å². The Morgan fingerprint density at radius 3 is 2.85 bits per heavy atom. The van der Waals surface area contributed by atoms with Crippen molar-refractivity contribution in [1.82, 2.24) is 5.32 Å². The van der Waals surface area contributed by atoms with Crippen LogP contribution in [0.5, 0.6) is 0 Å². The highest BCUT2D eigenvalue weighted by molar-refractivity contribution is 8.26. The van der Waals surface area contributed by atoms with Gasteiger partial charge in [-0.25, -0.2) is 0 Å². The zero-order chi connectivity index (χ0) is 9.68. The molecule has 0 radical (unpaired) electrons. The molecule has 1 fully saturated rings. The first kappa shape index (κ1) is 10.7. The van der Waals surface area contributed by atoms with Crippen molar-refractivity contribution in [3.05, 3.63) is 11.0 Å². The van der Waals surface area contributed by atoms with E-state index in [1.807, 2.05) is 6.08 Å². The van der Waals surface area contributed by atoms with E-state index in [1.165, 1.54) is 24.6 Å². The van der Waals surface area contributed by atoms with E-state index in [0.29, 0.717) is 4.32 Å². The van der Waals surface area contributed by atoms with Gasteiger partial charge in [0.05, 0.1) is 4.91 Å². The summed E-state index contributed by atoms with van der Waals surface area (Å²) < 4.78 is 0.576. The van der Waals surface area contributed by atoms with Crippen LogP contribution in [0.3, 0.4) is 0 Å². The molecule has 4 heteroatoms. The molecule has 1 aliphatic heterocycles. The second-order valence-electron chi connectivity index (χ2n) is 2.91. The van der Waals surface area contributed by atoms with Crippen molar-refractivity contribution in [2.75, 3.05) is 0 Å². The first-order chi connectivity index (χ1) is 6.24. The van der Waals surface area contributed by atoms with Crippen LogP contribution in [0.2, 0.25) is 0 Å². The average molecular weight is 215 g/mol. The zero-order valence-corrected chi connectivity index (χ0v) is 9.26. The molecule has 13 heavy (non-hydrogen) atoms. The Hall–Kier alpha value is -0.350. The van der Waals surface area contributed by atoms with Gasteiger partial charge in [0, 0.05) is 0 Å². The number of rotatable bonds is 4. The Morgan fingerprint density at radius 2 is 2.31 bits per heavy atom. The minimum atomic E-state index is -0.0356. The van der Waals surface area contributed by atoms with Crippen LogP contribution in [0.1, 0.15) is 32.6 Å². The number of hydrogen-bond donors (Lipinski definition) is 1. The molecule has 0 saturated carbocycles. The van der Waals surface area contributed by atoms with Crippen molar-refractivity contribution in [1.29, 1.82) is 0 Å². The van der Waals surface area contributed by atoms with Crippen LogP contribution in [0.25, 0.3) is 0 Å². The van der Waals surface area contributed by atoms with Gasteiger partial charge in [0.15, 0.2) is 0 Å². The molecular weight excluding hydrogens is 202 g/mol. The SMILES string of the molecule is CCCCC/C=C1\SC(=S)NC1=O. The topological polar surface area (TPSA) is 29.1 Å². The third kappa shape index (κ3) is 3.48.